The molecule has 1 amide bonds. The monoisotopic (exact) mass is 495 g/mol. The average molecular weight is 496 g/mol. The molecule has 3 aromatic rings. The fraction of sp³-hybridized carbons (Fsp3) is 0.593. The Kier molecular flexibility index (Phi) is 7.51. The van der Waals surface area contributed by atoms with Crippen molar-refractivity contribution in [1.82, 2.24) is 24.9 Å². The standard InChI is InChI=1S/C27H37N5O2S/c1-19-25-24(22-9-4-5-10-23(22)35-25)27(34)32(29-19)20(2)26(33)28-13-8-14-30-17-11-21(12-18-30)31-15-6-3-7-16-31/h4-5,9-10,20-21H,3,6-8,11-18H2,1-2H3,(H,28,33). The molecule has 0 aliphatic carbocycles. The molecule has 1 atom stereocenters. The summed E-state index contributed by atoms with van der Waals surface area (Å²) in [7, 11) is 0. The number of aromatic nitrogens is 2. The van der Waals surface area contributed by atoms with Gasteiger partial charge in [0.05, 0.1) is 15.8 Å². The van der Waals surface area contributed by atoms with Crippen molar-refractivity contribution in [3.63, 3.8) is 0 Å². The van der Waals surface area contributed by atoms with Crippen molar-refractivity contribution >= 4 is 37.4 Å². The highest BCUT2D eigenvalue weighted by atomic mass is 32.1. The molecule has 1 aromatic carbocycles. The zero-order chi connectivity index (χ0) is 24.4. The molecule has 1 N–H and O–H groups in total. The molecule has 0 saturated carbocycles. The van der Waals surface area contributed by atoms with Crippen LogP contribution in [0.3, 0.4) is 0 Å². The lowest BCUT2D eigenvalue weighted by atomic mass is 10.00. The summed E-state index contributed by atoms with van der Waals surface area (Å²) in [5.41, 5.74) is 0.593. The number of hydrogen-bond acceptors (Lipinski definition) is 6. The summed E-state index contributed by atoms with van der Waals surface area (Å²) in [6, 6.07) is 8.03. The minimum Gasteiger partial charge on any atom is -0.354 e. The maximum absolute atomic E-state index is 13.3. The van der Waals surface area contributed by atoms with Crippen LogP contribution in [0.4, 0.5) is 0 Å². The first-order valence-electron chi connectivity index (χ1n) is 13.2. The van der Waals surface area contributed by atoms with Gasteiger partial charge in [-0.2, -0.15) is 5.10 Å². The second kappa shape index (κ2) is 10.8. The number of thiophene rings is 1. The summed E-state index contributed by atoms with van der Waals surface area (Å²) < 4.78 is 3.33. The molecule has 5 rings (SSSR count). The first-order chi connectivity index (χ1) is 17.0. The van der Waals surface area contributed by atoms with E-state index < -0.39 is 6.04 Å². The summed E-state index contributed by atoms with van der Waals surface area (Å²) in [6.45, 7) is 10.2. The van der Waals surface area contributed by atoms with Crippen LogP contribution >= 0.6 is 11.3 Å². The Morgan fingerprint density at radius 3 is 2.66 bits per heavy atom. The van der Waals surface area contributed by atoms with E-state index in [1.54, 1.807) is 18.3 Å². The van der Waals surface area contributed by atoms with Crippen molar-refractivity contribution in [3.05, 3.63) is 40.3 Å². The van der Waals surface area contributed by atoms with Crippen molar-refractivity contribution in [2.45, 2.75) is 64.5 Å². The molecule has 2 aromatic heterocycles. The second-order valence-corrected chi connectivity index (χ2v) is 11.2. The van der Waals surface area contributed by atoms with E-state index in [0.717, 1.165) is 52.6 Å². The number of carbonyl (C=O) groups excluding carboxylic acids is 1. The predicted octanol–water partition coefficient (Wildman–Crippen LogP) is 3.94. The summed E-state index contributed by atoms with van der Waals surface area (Å²) in [6.07, 6.45) is 7.55. The third kappa shape index (κ3) is 5.15. The number of fused-ring (bicyclic) bond motifs is 3. The third-order valence-corrected chi connectivity index (χ3v) is 9.04. The average Bonchev–Trinajstić information content (AvgIpc) is 3.30. The molecule has 2 aliphatic heterocycles. The Bertz CT molecular complexity index is 1240. The van der Waals surface area contributed by atoms with Gasteiger partial charge in [-0.05, 0) is 84.7 Å². The van der Waals surface area contributed by atoms with Gasteiger partial charge in [0.1, 0.15) is 6.04 Å². The predicted molar refractivity (Wildman–Crippen MR) is 143 cm³/mol. The van der Waals surface area contributed by atoms with Crippen molar-refractivity contribution in [3.8, 4) is 0 Å². The molecule has 8 heteroatoms. The van der Waals surface area contributed by atoms with Gasteiger partial charge in [0.15, 0.2) is 0 Å². The lowest BCUT2D eigenvalue weighted by Crippen LogP contribution is -2.47. The maximum atomic E-state index is 13.3. The molecule has 0 bridgehead atoms. The lowest BCUT2D eigenvalue weighted by Gasteiger charge is -2.40. The molecular weight excluding hydrogens is 458 g/mol. The highest BCUT2D eigenvalue weighted by Gasteiger charge is 2.25. The number of benzene rings is 1. The van der Waals surface area contributed by atoms with Gasteiger partial charge >= 0.3 is 0 Å². The van der Waals surface area contributed by atoms with Gasteiger partial charge in [-0.15, -0.1) is 11.3 Å². The molecule has 4 heterocycles. The smallest absolute Gasteiger partial charge is 0.276 e. The lowest BCUT2D eigenvalue weighted by molar-refractivity contribution is -0.124. The van der Waals surface area contributed by atoms with Crippen LogP contribution in [-0.2, 0) is 4.79 Å². The SMILES string of the molecule is Cc1nn(C(C)C(=O)NCCCN2CCC(N3CCCCC3)CC2)c(=O)c2c1sc1ccccc12. The first kappa shape index (κ1) is 24.4. The molecule has 2 fully saturated rings. The van der Waals surface area contributed by atoms with Gasteiger partial charge in [0, 0.05) is 22.7 Å². The topological polar surface area (TPSA) is 70.5 Å². The Hall–Kier alpha value is -2.29. The number of hydrogen-bond donors (Lipinski definition) is 1. The highest BCUT2D eigenvalue weighted by Crippen LogP contribution is 2.32. The number of piperidine rings is 2. The Morgan fingerprint density at radius 2 is 1.89 bits per heavy atom. The highest BCUT2D eigenvalue weighted by molar-refractivity contribution is 7.26. The number of carbonyl (C=O) groups is 1. The fourth-order valence-corrected chi connectivity index (χ4v) is 6.84. The second-order valence-electron chi connectivity index (χ2n) is 10.1. The molecule has 188 valence electrons. The van der Waals surface area contributed by atoms with Crippen LogP contribution in [0, 0.1) is 6.92 Å². The number of aryl methyl sites for hydroxylation is 1. The van der Waals surface area contributed by atoms with Crippen LogP contribution in [0.15, 0.2) is 29.1 Å². The molecule has 0 spiro atoms. The number of rotatable bonds is 7. The van der Waals surface area contributed by atoms with E-state index in [1.807, 2.05) is 31.2 Å². The van der Waals surface area contributed by atoms with Gasteiger partial charge in [0.2, 0.25) is 5.91 Å². The van der Waals surface area contributed by atoms with Crippen LogP contribution in [0.1, 0.15) is 57.2 Å². The number of likely N-dealkylation sites (tertiary alicyclic amines) is 2. The van der Waals surface area contributed by atoms with Gasteiger partial charge in [-0.3, -0.25) is 9.59 Å². The molecule has 0 radical (unpaired) electrons. The summed E-state index contributed by atoms with van der Waals surface area (Å²) in [5.74, 6) is -0.151. The Labute approximate surface area is 211 Å². The molecule has 7 nitrogen and oxygen atoms in total. The zero-order valence-corrected chi connectivity index (χ0v) is 21.8. The number of nitrogens with zero attached hydrogens (tertiary/aromatic N) is 4. The maximum Gasteiger partial charge on any atom is 0.276 e. The van der Waals surface area contributed by atoms with Crippen molar-refractivity contribution in [1.29, 1.82) is 0 Å². The van der Waals surface area contributed by atoms with Crippen LogP contribution < -0.4 is 10.9 Å². The minimum atomic E-state index is -0.649. The molecule has 35 heavy (non-hydrogen) atoms. The van der Waals surface area contributed by atoms with Crippen LogP contribution in [-0.4, -0.2) is 70.8 Å². The van der Waals surface area contributed by atoms with Gasteiger partial charge < -0.3 is 15.1 Å². The number of amides is 1. The minimum absolute atomic E-state index is 0.151. The Morgan fingerprint density at radius 1 is 1.14 bits per heavy atom. The first-order valence-corrected chi connectivity index (χ1v) is 14.0. The summed E-state index contributed by atoms with van der Waals surface area (Å²) in [5, 5.41) is 9.15. The third-order valence-electron chi connectivity index (χ3n) is 7.76. The van der Waals surface area contributed by atoms with Crippen LogP contribution in [0.25, 0.3) is 20.2 Å². The normalized spacial score (nSPS) is 19.4. The van der Waals surface area contributed by atoms with Crippen molar-refractivity contribution < 1.29 is 4.79 Å². The summed E-state index contributed by atoms with van der Waals surface area (Å²) in [4.78, 5) is 31.4. The van der Waals surface area contributed by atoms with Gasteiger partial charge in [0.25, 0.3) is 5.56 Å². The van der Waals surface area contributed by atoms with E-state index in [9.17, 15) is 9.59 Å². The zero-order valence-electron chi connectivity index (χ0n) is 21.0. The van der Waals surface area contributed by atoms with E-state index in [2.05, 4.69) is 20.2 Å². The molecular formula is C27H37N5O2S. The van der Waals surface area contributed by atoms with E-state index >= 15 is 0 Å². The fourth-order valence-electron chi connectivity index (χ4n) is 5.71. The molecule has 2 saturated heterocycles. The van der Waals surface area contributed by atoms with E-state index in [1.165, 1.54) is 49.9 Å². The van der Waals surface area contributed by atoms with E-state index in [-0.39, 0.29) is 11.5 Å². The molecule has 2 aliphatic rings. The number of nitrogens with one attached hydrogen (secondary N) is 1. The van der Waals surface area contributed by atoms with Crippen LogP contribution in [0.5, 0.6) is 0 Å². The van der Waals surface area contributed by atoms with Gasteiger partial charge in [-0.1, -0.05) is 24.6 Å². The summed E-state index contributed by atoms with van der Waals surface area (Å²) >= 11 is 1.59. The quantitative estimate of drug-likeness (QED) is 0.503. The van der Waals surface area contributed by atoms with E-state index in [0.29, 0.717) is 11.9 Å². The largest absolute Gasteiger partial charge is 0.354 e. The van der Waals surface area contributed by atoms with Gasteiger partial charge in [-0.25, -0.2) is 4.68 Å². The molecule has 1 unspecified atom stereocenters. The van der Waals surface area contributed by atoms with Crippen molar-refractivity contribution in [2.24, 2.45) is 0 Å². The van der Waals surface area contributed by atoms with Crippen LogP contribution in [0.2, 0.25) is 0 Å². The van der Waals surface area contributed by atoms with Crippen molar-refractivity contribution in [2.75, 3.05) is 39.3 Å². The van der Waals surface area contributed by atoms with E-state index in [4.69, 9.17) is 0 Å². The Balaban J connectivity index is 1.14.